The Morgan fingerprint density at radius 1 is 0.962 bits per heavy atom. The number of β-lactam (4-membered cyclic amide) rings is 1. The molecule has 0 spiro atoms. The molecule has 3 saturated heterocycles. The van der Waals surface area contributed by atoms with Gasteiger partial charge in [0.25, 0.3) is 11.4 Å². The molecule has 7 atom stereocenters. The number of carbonyl (C=O) groups is 4. The number of likely N-dealkylation sites (tertiary alicyclic amines) is 1. The van der Waals surface area contributed by atoms with Gasteiger partial charge in [0.2, 0.25) is 5.91 Å². The number of fused-ring (bicyclic) bond motifs is 1. The molecule has 4 amide bonds. The smallest absolute Gasteiger partial charge is 0.410 e. The Balaban J connectivity index is 1.21. The fraction of sp³-hybridized carbons (Fsp3) is 0.471. The molecule has 17 nitrogen and oxygen atoms in total. The Labute approximate surface area is 302 Å². The molecule has 3 fully saturated rings. The van der Waals surface area contributed by atoms with Crippen LogP contribution < -0.4 is 5.32 Å². The lowest BCUT2D eigenvalue weighted by molar-refractivity contribution is -0.385. The van der Waals surface area contributed by atoms with Crippen molar-refractivity contribution < 1.29 is 43.6 Å². The topological polar surface area (TPSA) is 215 Å². The first-order valence-corrected chi connectivity index (χ1v) is 17.7. The molecular weight excluding hydrogens is 700 g/mol. The molecule has 0 unspecified atom stereocenters. The van der Waals surface area contributed by atoms with Gasteiger partial charge in [-0.15, -0.1) is 11.8 Å². The van der Waals surface area contributed by atoms with Crippen molar-refractivity contribution in [3.63, 3.8) is 0 Å². The molecule has 4 heterocycles. The monoisotopic (exact) mass is 738 g/mol. The van der Waals surface area contributed by atoms with Gasteiger partial charge in [-0.3, -0.25) is 25.0 Å². The predicted octanol–water partition coefficient (Wildman–Crippen LogP) is 3.54. The molecule has 0 aliphatic carbocycles. The van der Waals surface area contributed by atoms with Gasteiger partial charge in [0.15, 0.2) is 0 Å². The van der Waals surface area contributed by atoms with Gasteiger partial charge in [0.1, 0.15) is 18.9 Å². The number of nitrogens with zero attached hydrogens (tertiary/aromatic N) is 5. The van der Waals surface area contributed by atoms with Crippen LogP contribution in [-0.2, 0) is 32.3 Å². The highest BCUT2D eigenvalue weighted by atomic mass is 32.2. The van der Waals surface area contributed by atoms with Crippen molar-refractivity contribution in [2.24, 2.45) is 11.8 Å². The van der Waals surface area contributed by atoms with Crippen LogP contribution in [-0.4, -0.2) is 103 Å². The molecule has 4 aliphatic rings. The van der Waals surface area contributed by atoms with Crippen molar-refractivity contribution in [2.45, 2.75) is 69.9 Å². The maximum absolute atomic E-state index is 13.7. The first kappa shape index (κ1) is 36.6. The number of urea groups is 1. The van der Waals surface area contributed by atoms with Crippen molar-refractivity contribution in [2.75, 3.05) is 19.6 Å². The maximum Gasteiger partial charge on any atom is 0.410 e. The number of thioether (sulfide) groups is 1. The minimum Gasteiger partial charge on any atom is -0.456 e. The lowest BCUT2D eigenvalue weighted by atomic mass is 9.79. The number of non-ortho nitro benzene ring substituents is 2. The van der Waals surface area contributed by atoms with Gasteiger partial charge >= 0.3 is 18.1 Å². The van der Waals surface area contributed by atoms with Gasteiger partial charge in [0.05, 0.1) is 34.0 Å². The molecule has 0 aromatic heterocycles. The zero-order chi connectivity index (χ0) is 37.4. The quantitative estimate of drug-likeness (QED) is 0.138. The third kappa shape index (κ3) is 7.25. The van der Waals surface area contributed by atoms with Crippen molar-refractivity contribution in [3.05, 3.63) is 90.5 Å². The molecule has 2 N–H and O–H groups in total. The van der Waals surface area contributed by atoms with Crippen LogP contribution in [0.15, 0.2) is 59.1 Å². The third-order valence-electron chi connectivity index (χ3n) is 9.82. The number of carbonyl (C=O) groups excluding carboxylic acids is 4. The van der Waals surface area contributed by atoms with E-state index in [-0.39, 0.29) is 66.6 Å². The van der Waals surface area contributed by atoms with Gasteiger partial charge in [-0.25, -0.2) is 14.4 Å². The summed E-state index contributed by atoms with van der Waals surface area (Å²) in [5.74, 6) is -2.23. The van der Waals surface area contributed by atoms with E-state index in [0.717, 1.165) is 0 Å². The zero-order valence-corrected chi connectivity index (χ0v) is 29.4. The summed E-state index contributed by atoms with van der Waals surface area (Å²) in [5.41, 5.74) is 0.920. The molecule has 0 saturated carbocycles. The van der Waals surface area contributed by atoms with Crippen LogP contribution in [0.2, 0.25) is 0 Å². The summed E-state index contributed by atoms with van der Waals surface area (Å²) in [4.78, 5) is 79.4. The Morgan fingerprint density at radius 3 is 2.06 bits per heavy atom. The summed E-state index contributed by atoms with van der Waals surface area (Å²) in [7, 11) is 0. The maximum atomic E-state index is 13.7. The predicted molar refractivity (Wildman–Crippen MR) is 184 cm³/mol. The number of hydrogen-bond donors (Lipinski definition) is 2. The molecule has 4 aliphatic heterocycles. The van der Waals surface area contributed by atoms with Crippen LogP contribution in [0.4, 0.5) is 21.0 Å². The summed E-state index contributed by atoms with van der Waals surface area (Å²) >= 11 is 1.35. The third-order valence-corrected chi connectivity index (χ3v) is 11.3. The van der Waals surface area contributed by atoms with Crippen molar-refractivity contribution in [1.82, 2.24) is 20.0 Å². The average Bonchev–Trinajstić information content (AvgIpc) is 3.73. The van der Waals surface area contributed by atoms with Crippen LogP contribution in [0.3, 0.4) is 0 Å². The van der Waals surface area contributed by atoms with E-state index in [1.807, 2.05) is 13.8 Å². The highest BCUT2D eigenvalue weighted by Crippen LogP contribution is 2.52. The Bertz CT molecular complexity index is 1800. The standard InChI is InChI=1S/C34H38N6O11S/c1-18-13-36(33(44)35-18)14-25-12-26(15-37(25)34(45)51-17-22-6-10-24(11-7-22)40(48)49)52-30-19(2)28-27(20(3)41)31(42)38(28)29(30)32(43)50-16-21-4-8-23(9-5-21)39(46)47/h4-11,18-20,25-28,41H,12-17H2,1-3H3,(H,35,44)/t18-,19+,20+,25-,26-,27+,28+/m0/s1. The molecule has 0 radical (unpaired) electrons. The lowest BCUT2D eigenvalue weighted by Crippen LogP contribution is -2.63. The highest BCUT2D eigenvalue weighted by Gasteiger charge is 2.60. The van der Waals surface area contributed by atoms with Crippen LogP contribution >= 0.6 is 11.8 Å². The second kappa shape index (κ2) is 14.8. The molecule has 2 aromatic rings. The second-order valence-electron chi connectivity index (χ2n) is 13.5. The van der Waals surface area contributed by atoms with Crippen LogP contribution in [0.5, 0.6) is 0 Å². The summed E-state index contributed by atoms with van der Waals surface area (Å²) in [5, 5.41) is 35.1. The van der Waals surface area contributed by atoms with Crippen LogP contribution in [0.25, 0.3) is 0 Å². The van der Waals surface area contributed by atoms with Gasteiger partial charge < -0.3 is 34.6 Å². The Kier molecular flexibility index (Phi) is 10.4. The number of aliphatic hydroxyl groups is 1. The van der Waals surface area contributed by atoms with E-state index in [1.54, 1.807) is 9.80 Å². The van der Waals surface area contributed by atoms with E-state index in [2.05, 4.69) is 5.32 Å². The molecule has 18 heteroatoms. The van der Waals surface area contributed by atoms with Crippen molar-refractivity contribution >= 4 is 47.1 Å². The number of nitrogens with one attached hydrogen (secondary N) is 1. The lowest BCUT2D eigenvalue weighted by Gasteiger charge is -2.46. The van der Waals surface area contributed by atoms with E-state index < -0.39 is 51.9 Å². The number of nitro benzene ring substituents is 2. The summed E-state index contributed by atoms with van der Waals surface area (Å²) in [6.07, 6.45) is -1.16. The van der Waals surface area contributed by atoms with E-state index in [9.17, 15) is 44.5 Å². The summed E-state index contributed by atoms with van der Waals surface area (Å²) in [6, 6.07) is 9.95. The van der Waals surface area contributed by atoms with Gasteiger partial charge in [0, 0.05) is 66.0 Å². The minimum atomic E-state index is -0.955. The fourth-order valence-electron chi connectivity index (χ4n) is 7.25. The average molecular weight is 739 g/mol. The molecule has 52 heavy (non-hydrogen) atoms. The highest BCUT2D eigenvalue weighted by molar-refractivity contribution is 8.03. The second-order valence-corrected chi connectivity index (χ2v) is 14.8. The van der Waals surface area contributed by atoms with E-state index in [4.69, 9.17) is 9.47 Å². The van der Waals surface area contributed by atoms with E-state index >= 15 is 0 Å². The minimum absolute atomic E-state index is 0.0646. The number of rotatable bonds is 12. The number of nitro groups is 2. The number of hydrogen-bond acceptors (Lipinski definition) is 12. The number of amides is 4. The van der Waals surface area contributed by atoms with Gasteiger partial charge in [-0.1, -0.05) is 6.92 Å². The van der Waals surface area contributed by atoms with Gasteiger partial charge in [-0.05, 0) is 55.7 Å². The molecule has 2 aromatic carbocycles. The normalized spacial score (nSPS) is 25.8. The van der Waals surface area contributed by atoms with E-state index in [1.165, 1.54) is 72.1 Å². The Hall–Kier alpha value is -5.23. The van der Waals surface area contributed by atoms with Crippen LogP contribution in [0, 0.1) is 32.1 Å². The molecule has 6 rings (SSSR count). The first-order chi connectivity index (χ1) is 24.7. The number of benzene rings is 2. The van der Waals surface area contributed by atoms with E-state index in [0.29, 0.717) is 29.0 Å². The van der Waals surface area contributed by atoms with Gasteiger partial charge in [-0.2, -0.15) is 0 Å². The first-order valence-electron chi connectivity index (χ1n) is 16.8. The van der Waals surface area contributed by atoms with Crippen molar-refractivity contribution in [1.29, 1.82) is 0 Å². The number of esters is 1. The number of ether oxygens (including phenoxy) is 2. The molecule has 276 valence electrons. The van der Waals surface area contributed by atoms with Crippen molar-refractivity contribution in [3.8, 4) is 0 Å². The molecule has 0 bridgehead atoms. The van der Waals surface area contributed by atoms with Crippen LogP contribution in [0.1, 0.15) is 38.3 Å². The summed E-state index contributed by atoms with van der Waals surface area (Å²) < 4.78 is 11.3. The molecular formula is C34H38N6O11S. The SMILES string of the molecule is C[C@H]1CN(C[C@@H]2C[C@H](SC3=C(C(=O)OCc4ccc([N+](=O)[O-])cc4)N4C(=O)[C@H]([C@@H](C)O)[C@H]4[C@H]3C)CN2C(=O)OCc2ccc([N+](=O)[O-])cc2)C(=O)N1. The largest absolute Gasteiger partial charge is 0.456 e. The fourth-order valence-corrected chi connectivity index (χ4v) is 8.81. The summed E-state index contributed by atoms with van der Waals surface area (Å²) in [6.45, 7) is 5.82. The zero-order valence-electron chi connectivity index (χ0n) is 28.6. The Morgan fingerprint density at radius 2 is 1.54 bits per heavy atom. The number of aliphatic hydroxyl groups excluding tert-OH is 1.